The fourth-order valence-corrected chi connectivity index (χ4v) is 7.83. The number of thiophene rings is 1. The summed E-state index contributed by atoms with van der Waals surface area (Å²) in [6.45, 7) is 4.47. The van der Waals surface area contributed by atoms with E-state index in [1.54, 1.807) is 0 Å². The molecule has 0 radical (unpaired) electrons. The lowest BCUT2D eigenvalue weighted by Gasteiger charge is -2.22. The third kappa shape index (κ3) is 2.51. The molecule has 0 bridgehead atoms. The molecule has 4 aromatic carbocycles. The van der Waals surface area contributed by atoms with E-state index in [1.807, 2.05) is 23.1 Å². The van der Waals surface area contributed by atoms with E-state index in [0.717, 1.165) is 6.42 Å². The van der Waals surface area contributed by atoms with Crippen molar-refractivity contribution in [1.82, 2.24) is 0 Å². The zero-order valence-electron chi connectivity index (χ0n) is 18.1. The van der Waals surface area contributed by atoms with Crippen LogP contribution in [0.2, 0.25) is 0 Å². The highest BCUT2D eigenvalue weighted by Crippen LogP contribution is 2.59. The van der Waals surface area contributed by atoms with Gasteiger partial charge in [0.05, 0.1) is 0 Å². The minimum absolute atomic E-state index is 0.470. The zero-order chi connectivity index (χ0) is 21.4. The Morgan fingerprint density at radius 3 is 2.16 bits per heavy atom. The molecule has 2 heterocycles. The van der Waals surface area contributed by atoms with Gasteiger partial charge >= 0.3 is 0 Å². The molecule has 2 aliphatic rings. The van der Waals surface area contributed by atoms with Crippen molar-refractivity contribution in [2.75, 3.05) is 0 Å². The summed E-state index contributed by atoms with van der Waals surface area (Å²) in [5, 5.41) is 6.03. The number of hydrogen-bond acceptors (Lipinski definition) is 2. The van der Waals surface area contributed by atoms with Crippen molar-refractivity contribution in [3.63, 3.8) is 0 Å². The van der Waals surface area contributed by atoms with Crippen LogP contribution in [0.3, 0.4) is 0 Å². The number of rotatable bonds is 2. The second kappa shape index (κ2) is 6.84. The first kappa shape index (κ1) is 18.7. The SMILES string of the molecule is CC1=CCC(c2c3c(c(-c4ccc(C)s4)c4ccccc24)-c2cccc4cccc-3c24)S1. The van der Waals surface area contributed by atoms with Crippen molar-refractivity contribution in [3.8, 4) is 32.7 Å². The molecule has 0 spiro atoms. The van der Waals surface area contributed by atoms with Crippen LogP contribution in [0.4, 0.5) is 0 Å². The Morgan fingerprint density at radius 1 is 0.719 bits per heavy atom. The van der Waals surface area contributed by atoms with Crippen LogP contribution >= 0.6 is 23.1 Å². The molecular formula is C30H22S2. The Balaban J connectivity index is 1.71. The molecular weight excluding hydrogens is 424 g/mol. The number of allylic oxidation sites excluding steroid dienone is 2. The van der Waals surface area contributed by atoms with Crippen molar-refractivity contribution in [1.29, 1.82) is 0 Å². The number of aryl methyl sites for hydroxylation is 1. The summed E-state index contributed by atoms with van der Waals surface area (Å²) in [5.41, 5.74) is 8.65. The second-order valence-corrected chi connectivity index (χ2v) is 11.6. The fraction of sp³-hybridized carbons (Fsp3) is 0.133. The Morgan fingerprint density at radius 2 is 1.47 bits per heavy atom. The van der Waals surface area contributed by atoms with Gasteiger partial charge in [-0.25, -0.2) is 0 Å². The smallest absolute Gasteiger partial charge is 0.0388 e. The average Bonchev–Trinajstić information content (AvgIpc) is 3.52. The van der Waals surface area contributed by atoms with Crippen LogP contribution in [0.25, 0.3) is 54.2 Å². The van der Waals surface area contributed by atoms with Gasteiger partial charge in [0, 0.05) is 20.6 Å². The number of hydrogen-bond donors (Lipinski definition) is 0. The molecule has 1 aliphatic carbocycles. The van der Waals surface area contributed by atoms with Gasteiger partial charge in [-0.3, -0.25) is 0 Å². The summed E-state index contributed by atoms with van der Waals surface area (Å²) in [6.07, 6.45) is 3.52. The normalized spacial score (nSPS) is 16.7. The van der Waals surface area contributed by atoms with Crippen LogP contribution in [0.1, 0.15) is 29.0 Å². The molecule has 0 amide bonds. The molecule has 0 N–H and O–H groups in total. The quantitative estimate of drug-likeness (QED) is 0.255. The fourth-order valence-electron chi connectivity index (χ4n) is 5.70. The maximum atomic E-state index is 2.41. The molecule has 1 aromatic heterocycles. The third-order valence-corrected chi connectivity index (χ3v) is 9.22. The number of fused-ring (bicyclic) bond motifs is 4. The Labute approximate surface area is 196 Å². The van der Waals surface area contributed by atoms with E-state index >= 15 is 0 Å². The molecule has 0 saturated carbocycles. The van der Waals surface area contributed by atoms with Crippen LogP contribution in [-0.2, 0) is 0 Å². The number of thioether (sulfide) groups is 1. The highest BCUT2D eigenvalue weighted by atomic mass is 32.2. The minimum atomic E-state index is 0.470. The summed E-state index contributed by atoms with van der Waals surface area (Å²) >= 11 is 3.95. The predicted octanol–water partition coefficient (Wildman–Crippen LogP) is 9.76. The summed E-state index contributed by atoms with van der Waals surface area (Å²) in [4.78, 5) is 4.18. The molecule has 0 fully saturated rings. The van der Waals surface area contributed by atoms with Crippen molar-refractivity contribution in [3.05, 3.63) is 94.2 Å². The maximum Gasteiger partial charge on any atom is 0.0388 e. The molecule has 1 atom stereocenters. The standard InChI is InChI=1S/C30H22S2/c1-17-13-15-24(31-17)27-20-9-3-4-10-21(20)28(25-16-14-18(2)32-25)30-23-12-6-8-19-7-5-11-22(26(19)23)29(27)30/h3-15,25H,16H2,1-2H3. The molecule has 0 nitrogen and oxygen atoms in total. The van der Waals surface area contributed by atoms with Gasteiger partial charge in [-0.2, -0.15) is 0 Å². The van der Waals surface area contributed by atoms with Gasteiger partial charge in [0.15, 0.2) is 0 Å². The first-order valence-corrected chi connectivity index (χ1v) is 12.9. The van der Waals surface area contributed by atoms with Crippen LogP contribution in [0, 0.1) is 6.92 Å². The zero-order valence-corrected chi connectivity index (χ0v) is 19.7. The summed E-state index contributed by atoms with van der Waals surface area (Å²) < 4.78 is 0. The Kier molecular flexibility index (Phi) is 4.01. The molecule has 1 aliphatic heterocycles. The van der Waals surface area contributed by atoms with Crippen LogP contribution in [0.5, 0.6) is 0 Å². The lowest BCUT2D eigenvalue weighted by Crippen LogP contribution is -1.98. The summed E-state index contributed by atoms with van der Waals surface area (Å²) in [7, 11) is 0. The monoisotopic (exact) mass is 446 g/mol. The van der Waals surface area contributed by atoms with Gasteiger partial charge in [-0.05, 0) is 86.7 Å². The molecule has 2 heteroatoms. The largest absolute Gasteiger partial charge is 0.141 e. The molecule has 7 rings (SSSR count). The van der Waals surface area contributed by atoms with Crippen LogP contribution < -0.4 is 0 Å². The average molecular weight is 447 g/mol. The van der Waals surface area contributed by atoms with Crippen LogP contribution in [-0.4, -0.2) is 0 Å². The van der Waals surface area contributed by atoms with Gasteiger partial charge < -0.3 is 0 Å². The topological polar surface area (TPSA) is 0 Å². The summed E-state index contributed by atoms with van der Waals surface area (Å²) in [5.74, 6) is 0. The second-order valence-electron chi connectivity index (χ2n) is 8.86. The Hall–Kier alpha value is -2.81. The van der Waals surface area contributed by atoms with Gasteiger partial charge in [-0.1, -0.05) is 66.7 Å². The van der Waals surface area contributed by atoms with Gasteiger partial charge in [0.1, 0.15) is 0 Å². The van der Waals surface area contributed by atoms with Crippen LogP contribution in [0.15, 0.2) is 83.8 Å². The van der Waals surface area contributed by atoms with E-state index in [2.05, 4.69) is 92.7 Å². The molecule has 154 valence electrons. The van der Waals surface area contributed by atoms with Crippen molar-refractivity contribution >= 4 is 44.6 Å². The highest BCUT2D eigenvalue weighted by molar-refractivity contribution is 8.03. The first-order chi connectivity index (χ1) is 15.7. The van der Waals surface area contributed by atoms with Crippen molar-refractivity contribution < 1.29 is 0 Å². The molecule has 0 saturated heterocycles. The maximum absolute atomic E-state index is 2.41. The first-order valence-electron chi connectivity index (χ1n) is 11.2. The van der Waals surface area contributed by atoms with E-state index in [9.17, 15) is 0 Å². The van der Waals surface area contributed by atoms with Gasteiger partial charge in [0.2, 0.25) is 0 Å². The summed E-state index contributed by atoms with van der Waals surface area (Å²) in [6, 6.07) is 27.4. The van der Waals surface area contributed by atoms with E-state index in [1.165, 1.54) is 69.6 Å². The van der Waals surface area contributed by atoms with E-state index < -0.39 is 0 Å². The van der Waals surface area contributed by atoms with E-state index in [-0.39, 0.29) is 0 Å². The molecule has 32 heavy (non-hydrogen) atoms. The molecule has 1 unspecified atom stereocenters. The minimum Gasteiger partial charge on any atom is -0.141 e. The predicted molar refractivity (Wildman–Crippen MR) is 143 cm³/mol. The van der Waals surface area contributed by atoms with Crippen molar-refractivity contribution in [2.24, 2.45) is 0 Å². The van der Waals surface area contributed by atoms with Gasteiger partial charge in [-0.15, -0.1) is 23.1 Å². The number of benzene rings is 4. The third-order valence-electron chi connectivity index (χ3n) is 6.96. The highest BCUT2D eigenvalue weighted by Gasteiger charge is 2.33. The Bertz CT molecular complexity index is 1590. The van der Waals surface area contributed by atoms with E-state index in [0.29, 0.717) is 5.25 Å². The lowest BCUT2D eigenvalue weighted by atomic mass is 9.85. The van der Waals surface area contributed by atoms with Crippen molar-refractivity contribution in [2.45, 2.75) is 25.5 Å². The lowest BCUT2D eigenvalue weighted by molar-refractivity contribution is 1.00. The molecule has 5 aromatic rings. The van der Waals surface area contributed by atoms with E-state index in [4.69, 9.17) is 0 Å². The van der Waals surface area contributed by atoms with Gasteiger partial charge in [0.25, 0.3) is 0 Å².